The minimum atomic E-state index is -0.154. The predicted molar refractivity (Wildman–Crippen MR) is 77.6 cm³/mol. The van der Waals surface area contributed by atoms with Crippen LogP contribution in [0.15, 0.2) is 30.3 Å². The maximum Gasteiger partial charge on any atom is 0.253 e. The van der Waals surface area contributed by atoms with E-state index in [1.165, 1.54) is 0 Å². The van der Waals surface area contributed by atoms with E-state index in [1.54, 1.807) is 0 Å². The highest BCUT2D eigenvalue weighted by Gasteiger charge is 2.31. The number of likely N-dealkylation sites (tertiary alicyclic amines) is 2. The van der Waals surface area contributed by atoms with Crippen LogP contribution in [0.3, 0.4) is 0 Å². The zero-order valence-electron chi connectivity index (χ0n) is 11.7. The van der Waals surface area contributed by atoms with Crippen LogP contribution in [0, 0.1) is 0 Å². The molecule has 0 radical (unpaired) electrons. The number of rotatable bonds is 2. The number of amides is 1. The van der Waals surface area contributed by atoms with Gasteiger partial charge < -0.3 is 10.0 Å². The van der Waals surface area contributed by atoms with Gasteiger partial charge >= 0.3 is 0 Å². The second-order valence-corrected chi connectivity index (χ2v) is 5.83. The molecular formula is C16H22N2O2. The van der Waals surface area contributed by atoms with Crippen molar-refractivity contribution < 1.29 is 9.90 Å². The summed E-state index contributed by atoms with van der Waals surface area (Å²) < 4.78 is 0. The Kier molecular flexibility index (Phi) is 4.03. The summed E-state index contributed by atoms with van der Waals surface area (Å²) in [5.74, 6) is 0.144. The Labute approximate surface area is 120 Å². The van der Waals surface area contributed by atoms with Crippen LogP contribution in [0.5, 0.6) is 0 Å². The molecule has 0 unspecified atom stereocenters. The Hall–Kier alpha value is -1.39. The van der Waals surface area contributed by atoms with Crippen molar-refractivity contribution in [3.63, 3.8) is 0 Å². The summed E-state index contributed by atoms with van der Waals surface area (Å²) in [6.07, 6.45) is 2.78. The number of piperidine rings is 1. The maximum atomic E-state index is 12.4. The highest BCUT2D eigenvalue weighted by atomic mass is 16.3. The summed E-state index contributed by atoms with van der Waals surface area (Å²) in [4.78, 5) is 16.7. The van der Waals surface area contributed by atoms with Gasteiger partial charge in [-0.15, -0.1) is 0 Å². The van der Waals surface area contributed by atoms with Crippen molar-refractivity contribution in [3.8, 4) is 0 Å². The molecule has 0 bridgehead atoms. The summed E-state index contributed by atoms with van der Waals surface area (Å²) in [5.41, 5.74) is 0.780. The molecule has 0 saturated carbocycles. The van der Waals surface area contributed by atoms with E-state index in [0.717, 1.165) is 51.0 Å². The fourth-order valence-corrected chi connectivity index (χ4v) is 3.30. The van der Waals surface area contributed by atoms with Crippen molar-refractivity contribution in [2.24, 2.45) is 0 Å². The van der Waals surface area contributed by atoms with Crippen LogP contribution in [0.4, 0.5) is 0 Å². The van der Waals surface area contributed by atoms with Crippen molar-refractivity contribution in [2.75, 3.05) is 26.2 Å². The van der Waals surface area contributed by atoms with Crippen molar-refractivity contribution in [1.29, 1.82) is 0 Å². The Morgan fingerprint density at radius 2 is 1.75 bits per heavy atom. The quantitative estimate of drug-likeness (QED) is 0.885. The lowest BCUT2D eigenvalue weighted by atomic mass is 10.0. The molecule has 20 heavy (non-hydrogen) atoms. The highest BCUT2D eigenvalue weighted by molar-refractivity contribution is 5.94. The first-order valence-corrected chi connectivity index (χ1v) is 7.50. The van der Waals surface area contributed by atoms with Crippen LogP contribution in [-0.2, 0) is 0 Å². The van der Waals surface area contributed by atoms with E-state index in [4.69, 9.17) is 0 Å². The molecule has 0 spiro atoms. The summed E-state index contributed by atoms with van der Waals surface area (Å²) in [7, 11) is 0. The molecule has 1 aromatic carbocycles. The van der Waals surface area contributed by atoms with Gasteiger partial charge in [-0.25, -0.2) is 0 Å². The van der Waals surface area contributed by atoms with Gasteiger partial charge in [-0.05, 0) is 31.4 Å². The van der Waals surface area contributed by atoms with E-state index in [1.807, 2.05) is 35.2 Å². The van der Waals surface area contributed by atoms with Gasteiger partial charge in [0.1, 0.15) is 0 Å². The number of aliphatic hydroxyl groups is 1. The van der Waals surface area contributed by atoms with Crippen LogP contribution in [0.1, 0.15) is 29.6 Å². The second kappa shape index (κ2) is 5.94. The smallest absolute Gasteiger partial charge is 0.253 e. The average molecular weight is 274 g/mol. The van der Waals surface area contributed by atoms with Crippen molar-refractivity contribution in [2.45, 2.75) is 31.4 Å². The van der Waals surface area contributed by atoms with Crippen LogP contribution in [0.25, 0.3) is 0 Å². The fourth-order valence-electron chi connectivity index (χ4n) is 3.30. The summed E-state index contributed by atoms with van der Waals surface area (Å²) in [6, 6.07) is 10.0. The maximum absolute atomic E-state index is 12.4. The Bertz CT molecular complexity index is 455. The number of β-amino-alcohol motifs (C(OH)–C–C–N with tert-alkyl or cyclic N) is 1. The van der Waals surface area contributed by atoms with E-state index < -0.39 is 0 Å². The Morgan fingerprint density at radius 3 is 2.35 bits per heavy atom. The number of nitrogens with zero attached hydrogens (tertiary/aromatic N) is 2. The SMILES string of the molecule is O=C(c1ccccc1)N1CCC(N2CC[C@H](O)C2)CC1. The van der Waals surface area contributed by atoms with Crippen LogP contribution in [-0.4, -0.2) is 59.1 Å². The van der Waals surface area contributed by atoms with Gasteiger partial charge in [-0.2, -0.15) is 0 Å². The molecule has 2 fully saturated rings. The van der Waals surface area contributed by atoms with E-state index in [2.05, 4.69) is 4.90 Å². The lowest BCUT2D eigenvalue weighted by Gasteiger charge is -2.36. The molecule has 0 aromatic heterocycles. The number of benzene rings is 1. The Balaban J connectivity index is 1.55. The molecule has 3 rings (SSSR count). The molecule has 2 heterocycles. The van der Waals surface area contributed by atoms with Crippen LogP contribution >= 0.6 is 0 Å². The summed E-state index contributed by atoms with van der Waals surface area (Å²) >= 11 is 0. The van der Waals surface area contributed by atoms with Crippen molar-refractivity contribution in [3.05, 3.63) is 35.9 Å². The van der Waals surface area contributed by atoms with Crippen LogP contribution < -0.4 is 0 Å². The number of hydrogen-bond acceptors (Lipinski definition) is 3. The van der Waals surface area contributed by atoms with E-state index >= 15 is 0 Å². The molecular weight excluding hydrogens is 252 g/mol. The third kappa shape index (κ3) is 2.86. The molecule has 1 N–H and O–H groups in total. The standard InChI is InChI=1S/C16H22N2O2/c19-15-8-11-18(12-15)14-6-9-17(10-7-14)16(20)13-4-2-1-3-5-13/h1-5,14-15,19H,6-12H2/t15-/m0/s1. The number of hydrogen-bond donors (Lipinski definition) is 1. The predicted octanol–water partition coefficient (Wildman–Crippen LogP) is 1.36. The number of aliphatic hydroxyl groups excluding tert-OH is 1. The average Bonchev–Trinajstić information content (AvgIpc) is 2.94. The van der Waals surface area contributed by atoms with Gasteiger partial charge in [0.2, 0.25) is 0 Å². The monoisotopic (exact) mass is 274 g/mol. The highest BCUT2D eigenvalue weighted by Crippen LogP contribution is 2.22. The van der Waals surface area contributed by atoms with Gasteiger partial charge in [0.25, 0.3) is 5.91 Å². The van der Waals surface area contributed by atoms with Gasteiger partial charge in [-0.1, -0.05) is 18.2 Å². The third-order valence-corrected chi connectivity index (χ3v) is 4.48. The molecule has 4 heteroatoms. The molecule has 2 aliphatic heterocycles. The molecule has 1 amide bonds. The minimum Gasteiger partial charge on any atom is -0.392 e. The first-order valence-electron chi connectivity index (χ1n) is 7.50. The fraction of sp³-hybridized carbons (Fsp3) is 0.562. The minimum absolute atomic E-state index is 0.144. The zero-order chi connectivity index (χ0) is 13.9. The molecule has 4 nitrogen and oxygen atoms in total. The Morgan fingerprint density at radius 1 is 1.05 bits per heavy atom. The lowest BCUT2D eigenvalue weighted by Crippen LogP contribution is -2.46. The van der Waals surface area contributed by atoms with Crippen LogP contribution in [0.2, 0.25) is 0 Å². The second-order valence-electron chi connectivity index (χ2n) is 5.83. The zero-order valence-corrected chi connectivity index (χ0v) is 11.7. The number of carbonyl (C=O) groups excluding carboxylic acids is 1. The topological polar surface area (TPSA) is 43.8 Å². The molecule has 108 valence electrons. The first-order chi connectivity index (χ1) is 9.74. The lowest BCUT2D eigenvalue weighted by molar-refractivity contribution is 0.0627. The molecule has 1 atom stereocenters. The normalized spacial score (nSPS) is 25.1. The van der Waals surface area contributed by atoms with Crippen molar-refractivity contribution in [1.82, 2.24) is 9.80 Å². The number of carbonyl (C=O) groups is 1. The molecule has 1 aromatic rings. The van der Waals surface area contributed by atoms with Gasteiger partial charge in [0, 0.05) is 37.8 Å². The van der Waals surface area contributed by atoms with E-state index in [0.29, 0.717) is 6.04 Å². The first kappa shape index (κ1) is 13.6. The summed E-state index contributed by atoms with van der Waals surface area (Å²) in [5, 5.41) is 9.61. The molecule has 0 aliphatic carbocycles. The molecule has 2 aliphatic rings. The van der Waals surface area contributed by atoms with E-state index in [9.17, 15) is 9.90 Å². The van der Waals surface area contributed by atoms with Crippen molar-refractivity contribution >= 4 is 5.91 Å². The largest absolute Gasteiger partial charge is 0.392 e. The third-order valence-electron chi connectivity index (χ3n) is 4.48. The summed E-state index contributed by atoms with van der Waals surface area (Å²) in [6.45, 7) is 3.45. The van der Waals surface area contributed by atoms with Gasteiger partial charge in [0.05, 0.1) is 6.10 Å². The molecule has 2 saturated heterocycles. The van der Waals surface area contributed by atoms with Gasteiger partial charge in [0.15, 0.2) is 0 Å². The van der Waals surface area contributed by atoms with Gasteiger partial charge in [-0.3, -0.25) is 9.69 Å². The van der Waals surface area contributed by atoms with E-state index in [-0.39, 0.29) is 12.0 Å².